The molecule has 28 heavy (non-hydrogen) atoms. The van der Waals surface area contributed by atoms with Gasteiger partial charge in [0.2, 0.25) is 10.0 Å². The lowest BCUT2D eigenvalue weighted by atomic mass is 10.1. The molecule has 0 amide bonds. The SMILES string of the molecule is Cc1ccc(S(=O)(=O)NC[C@H](c2ccc(N(C)C)cc2)N2CCCC2)cc1C. The molecule has 0 radical (unpaired) electrons. The standard InChI is InChI=1S/C22H31N3O2S/c1-17-7-12-21(15-18(17)2)28(26,27)23-16-22(25-13-5-6-14-25)19-8-10-20(11-9-19)24(3)4/h7-12,15,22-23H,5-6,13-14,16H2,1-4H3/t22-/m1/s1. The van der Waals surface area contributed by atoms with E-state index in [9.17, 15) is 8.42 Å². The lowest BCUT2D eigenvalue weighted by Gasteiger charge is -2.28. The Kier molecular flexibility index (Phi) is 6.43. The van der Waals surface area contributed by atoms with E-state index >= 15 is 0 Å². The maximum atomic E-state index is 12.9. The molecule has 5 nitrogen and oxygen atoms in total. The Morgan fingerprint density at radius 3 is 2.21 bits per heavy atom. The van der Waals surface area contributed by atoms with Crippen LogP contribution < -0.4 is 9.62 Å². The quantitative estimate of drug-likeness (QED) is 0.772. The van der Waals surface area contributed by atoms with Gasteiger partial charge in [0.05, 0.1) is 4.90 Å². The molecule has 2 aromatic rings. The third kappa shape index (κ3) is 4.74. The van der Waals surface area contributed by atoms with Crippen molar-refractivity contribution in [1.29, 1.82) is 0 Å². The maximum Gasteiger partial charge on any atom is 0.240 e. The highest BCUT2D eigenvalue weighted by molar-refractivity contribution is 7.89. The molecule has 1 saturated heterocycles. The molecular formula is C22H31N3O2S. The fourth-order valence-electron chi connectivity index (χ4n) is 3.66. The van der Waals surface area contributed by atoms with Crippen LogP contribution in [0.1, 0.15) is 35.6 Å². The molecule has 0 unspecified atom stereocenters. The van der Waals surface area contributed by atoms with Crippen LogP contribution in [0.4, 0.5) is 5.69 Å². The third-order valence-electron chi connectivity index (χ3n) is 5.63. The zero-order chi connectivity index (χ0) is 20.3. The maximum absolute atomic E-state index is 12.9. The molecule has 3 rings (SSSR count). The molecule has 1 aliphatic heterocycles. The molecule has 152 valence electrons. The Morgan fingerprint density at radius 1 is 1.00 bits per heavy atom. The summed E-state index contributed by atoms with van der Waals surface area (Å²) in [5.41, 5.74) is 4.36. The Hall–Kier alpha value is -1.89. The van der Waals surface area contributed by atoms with Crippen LogP contribution in [0.15, 0.2) is 47.4 Å². The van der Waals surface area contributed by atoms with E-state index in [2.05, 4.69) is 38.8 Å². The average Bonchev–Trinajstić information content (AvgIpc) is 3.19. The first-order valence-corrected chi connectivity index (χ1v) is 11.3. The van der Waals surface area contributed by atoms with Crippen molar-refractivity contribution in [2.45, 2.75) is 37.6 Å². The van der Waals surface area contributed by atoms with Crippen LogP contribution in [-0.2, 0) is 10.0 Å². The summed E-state index contributed by atoms with van der Waals surface area (Å²) in [5.74, 6) is 0. The molecule has 1 heterocycles. The van der Waals surface area contributed by atoms with E-state index < -0.39 is 10.0 Å². The number of hydrogen-bond acceptors (Lipinski definition) is 4. The Labute approximate surface area is 169 Å². The summed E-state index contributed by atoms with van der Waals surface area (Å²) in [6.07, 6.45) is 2.33. The largest absolute Gasteiger partial charge is 0.378 e. The van der Waals surface area contributed by atoms with Crippen molar-refractivity contribution in [3.05, 3.63) is 59.2 Å². The zero-order valence-electron chi connectivity index (χ0n) is 17.3. The molecular weight excluding hydrogens is 370 g/mol. The van der Waals surface area contributed by atoms with E-state index in [1.54, 1.807) is 12.1 Å². The van der Waals surface area contributed by atoms with Crippen molar-refractivity contribution in [2.24, 2.45) is 0 Å². The molecule has 0 saturated carbocycles. The van der Waals surface area contributed by atoms with Crippen LogP contribution in [0.5, 0.6) is 0 Å². The van der Waals surface area contributed by atoms with Crippen LogP contribution in [0.2, 0.25) is 0 Å². The van der Waals surface area contributed by atoms with Crippen molar-refractivity contribution >= 4 is 15.7 Å². The van der Waals surface area contributed by atoms with Crippen molar-refractivity contribution in [1.82, 2.24) is 9.62 Å². The minimum Gasteiger partial charge on any atom is -0.378 e. The smallest absolute Gasteiger partial charge is 0.240 e. The van der Waals surface area contributed by atoms with E-state index in [0.717, 1.165) is 48.3 Å². The van der Waals surface area contributed by atoms with Crippen LogP contribution in [0.25, 0.3) is 0 Å². The number of likely N-dealkylation sites (tertiary alicyclic amines) is 1. The molecule has 1 aliphatic rings. The summed E-state index contributed by atoms with van der Waals surface area (Å²) >= 11 is 0. The van der Waals surface area contributed by atoms with Crippen LogP contribution in [-0.4, -0.2) is 47.0 Å². The lowest BCUT2D eigenvalue weighted by Crippen LogP contribution is -2.36. The monoisotopic (exact) mass is 401 g/mol. The van der Waals surface area contributed by atoms with Crippen molar-refractivity contribution in [3.63, 3.8) is 0 Å². The van der Waals surface area contributed by atoms with Gasteiger partial charge in [-0.3, -0.25) is 4.90 Å². The fraction of sp³-hybridized carbons (Fsp3) is 0.455. The minimum absolute atomic E-state index is 0.0417. The molecule has 1 fully saturated rings. The number of aryl methyl sites for hydroxylation is 2. The number of nitrogens with one attached hydrogen (secondary N) is 1. The summed E-state index contributed by atoms with van der Waals surface area (Å²) in [6.45, 7) is 6.31. The lowest BCUT2D eigenvalue weighted by molar-refractivity contribution is 0.246. The van der Waals surface area contributed by atoms with E-state index in [1.165, 1.54) is 0 Å². The van der Waals surface area contributed by atoms with Gasteiger partial charge < -0.3 is 4.90 Å². The summed E-state index contributed by atoms with van der Waals surface area (Å²) < 4.78 is 28.6. The van der Waals surface area contributed by atoms with Gasteiger partial charge in [-0.25, -0.2) is 13.1 Å². The number of rotatable bonds is 7. The third-order valence-corrected chi connectivity index (χ3v) is 7.05. The minimum atomic E-state index is -3.54. The molecule has 0 bridgehead atoms. The molecule has 2 aromatic carbocycles. The number of hydrogen-bond donors (Lipinski definition) is 1. The van der Waals surface area contributed by atoms with Gasteiger partial charge in [-0.15, -0.1) is 0 Å². The number of benzene rings is 2. The highest BCUT2D eigenvalue weighted by Crippen LogP contribution is 2.27. The van der Waals surface area contributed by atoms with E-state index in [1.807, 2.05) is 34.0 Å². The molecule has 1 atom stereocenters. The van der Waals surface area contributed by atoms with Gasteiger partial charge in [0.25, 0.3) is 0 Å². The van der Waals surface area contributed by atoms with Crippen LogP contribution in [0.3, 0.4) is 0 Å². The summed E-state index contributed by atoms with van der Waals surface area (Å²) in [4.78, 5) is 4.78. The second-order valence-corrected chi connectivity index (χ2v) is 9.61. The van der Waals surface area contributed by atoms with Crippen molar-refractivity contribution in [3.8, 4) is 0 Å². The number of anilines is 1. The first-order chi connectivity index (χ1) is 13.3. The van der Waals surface area contributed by atoms with Crippen molar-refractivity contribution < 1.29 is 8.42 Å². The van der Waals surface area contributed by atoms with Gasteiger partial charge in [-0.1, -0.05) is 18.2 Å². The van der Waals surface area contributed by atoms with Gasteiger partial charge >= 0.3 is 0 Å². The Morgan fingerprint density at radius 2 is 1.64 bits per heavy atom. The topological polar surface area (TPSA) is 52.7 Å². The Bertz CT molecular complexity index is 902. The summed E-state index contributed by atoms with van der Waals surface area (Å²) in [5, 5.41) is 0. The van der Waals surface area contributed by atoms with Gasteiger partial charge in [0.15, 0.2) is 0 Å². The van der Waals surface area contributed by atoms with Crippen LogP contribution in [0, 0.1) is 13.8 Å². The zero-order valence-corrected chi connectivity index (χ0v) is 18.1. The summed E-state index contributed by atoms with van der Waals surface area (Å²) in [6, 6.07) is 13.7. The van der Waals surface area contributed by atoms with E-state index in [4.69, 9.17) is 0 Å². The fourth-order valence-corrected chi connectivity index (χ4v) is 4.78. The number of sulfonamides is 1. The first kappa shape index (κ1) is 20.8. The average molecular weight is 402 g/mol. The molecule has 0 aromatic heterocycles. The van der Waals surface area contributed by atoms with E-state index in [0.29, 0.717) is 11.4 Å². The molecule has 0 spiro atoms. The molecule has 6 heteroatoms. The van der Waals surface area contributed by atoms with Gasteiger partial charge in [-0.05, 0) is 80.7 Å². The highest BCUT2D eigenvalue weighted by atomic mass is 32.2. The van der Waals surface area contributed by atoms with E-state index in [-0.39, 0.29) is 6.04 Å². The number of nitrogens with zero attached hydrogens (tertiary/aromatic N) is 2. The first-order valence-electron chi connectivity index (χ1n) is 9.86. The van der Waals surface area contributed by atoms with Gasteiger partial charge in [0, 0.05) is 32.4 Å². The second kappa shape index (κ2) is 8.64. The molecule has 0 aliphatic carbocycles. The van der Waals surface area contributed by atoms with Gasteiger partial charge in [0.1, 0.15) is 0 Å². The highest BCUT2D eigenvalue weighted by Gasteiger charge is 2.26. The Balaban J connectivity index is 1.80. The predicted molar refractivity (Wildman–Crippen MR) is 115 cm³/mol. The second-order valence-electron chi connectivity index (χ2n) is 7.84. The normalized spacial score (nSPS) is 16.3. The summed E-state index contributed by atoms with van der Waals surface area (Å²) in [7, 11) is 0.498. The van der Waals surface area contributed by atoms with Crippen molar-refractivity contribution in [2.75, 3.05) is 38.6 Å². The molecule has 1 N–H and O–H groups in total. The van der Waals surface area contributed by atoms with Crippen LogP contribution >= 0.6 is 0 Å². The predicted octanol–water partition coefficient (Wildman–Crippen LogP) is 3.48. The van der Waals surface area contributed by atoms with Gasteiger partial charge in [-0.2, -0.15) is 0 Å².